The van der Waals surface area contributed by atoms with Crippen LogP contribution in [0.5, 0.6) is 0 Å². The smallest absolute Gasteiger partial charge is 0.275 e. The second kappa shape index (κ2) is 7.35. The van der Waals surface area contributed by atoms with Crippen LogP contribution in [0.4, 0.5) is 5.13 Å². The molecule has 2 aliphatic rings. The highest BCUT2D eigenvalue weighted by Gasteiger charge is 2.37. The van der Waals surface area contributed by atoms with Crippen molar-refractivity contribution in [3.63, 3.8) is 0 Å². The van der Waals surface area contributed by atoms with Gasteiger partial charge in [0.25, 0.3) is 5.56 Å². The summed E-state index contributed by atoms with van der Waals surface area (Å²) in [7, 11) is 0. The summed E-state index contributed by atoms with van der Waals surface area (Å²) in [6.45, 7) is 2.65. The molecule has 2 aromatic heterocycles. The molecule has 0 saturated carbocycles. The third kappa shape index (κ3) is 3.26. The van der Waals surface area contributed by atoms with Crippen LogP contribution in [0, 0.1) is 6.92 Å². The van der Waals surface area contributed by atoms with E-state index in [1.807, 2.05) is 11.0 Å². The van der Waals surface area contributed by atoms with E-state index >= 15 is 0 Å². The maximum atomic E-state index is 13.6. The lowest BCUT2D eigenvalue weighted by Gasteiger charge is -2.35. The molecule has 29 heavy (non-hydrogen) atoms. The topological polar surface area (TPSA) is 79.6 Å². The number of rotatable bonds is 3. The second-order valence-electron chi connectivity index (χ2n) is 7.78. The predicted molar refractivity (Wildman–Crippen MR) is 113 cm³/mol. The van der Waals surface area contributed by atoms with Gasteiger partial charge >= 0.3 is 0 Å². The van der Waals surface area contributed by atoms with Crippen LogP contribution in [0.25, 0.3) is 4.96 Å². The summed E-state index contributed by atoms with van der Waals surface area (Å²) in [4.78, 5) is 32.8. The maximum absolute atomic E-state index is 13.6. The van der Waals surface area contributed by atoms with Crippen LogP contribution >= 0.6 is 11.3 Å². The fourth-order valence-electron chi connectivity index (χ4n) is 4.45. The molecule has 1 saturated heterocycles. The SMILES string of the molecule is Cc1cc(=O)n2nc(N(C(=O)[C@H]3CCCN3)[C@@H]3CCCc4ccccc43)sc2n1. The summed E-state index contributed by atoms with van der Waals surface area (Å²) in [5, 5.41) is 8.40. The third-order valence-corrected chi connectivity index (χ3v) is 6.72. The molecule has 1 fully saturated rings. The Balaban J connectivity index is 1.65. The molecular weight excluding hydrogens is 386 g/mol. The van der Waals surface area contributed by atoms with E-state index in [0.717, 1.165) is 38.6 Å². The molecule has 150 valence electrons. The zero-order chi connectivity index (χ0) is 20.0. The molecule has 1 N–H and O–H groups in total. The zero-order valence-electron chi connectivity index (χ0n) is 16.3. The molecule has 1 aliphatic carbocycles. The van der Waals surface area contributed by atoms with Gasteiger partial charge in [-0.1, -0.05) is 35.6 Å². The number of nitrogens with zero attached hydrogens (tertiary/aromatic N) is 4. The molecule has 0 radical (unpaired) electrons. The Labute approximate surface area is 172 Å². The Morgan fingerprint density at radius 2 is 2.14 bits per heavy atom. The van der Waals surface area contributed by atoms with E-state index in [4.69, 9.17) is 0 Å². The number of carbonyl (C=O) groups excluding carboxylic acids is 1. The van der Waals surface area contributed by atoms with E-state index < -0.39 is 0 Å². The first-order chi connectivity index (χ1) is 14.1. The summed E-state index contributed by atoms with van der Waals surface area (Å²) < 4.78 is 1.31. The molecule has 0 bridgehead atoms. The third-order valence-electron chi connectivity index (χ3n) is 5.81. The number of fused-ring (bicyclic) bond motifs is 2. The quantitative estimate of drug-likeness (QED) is 0.719. The molecular formula is C21H23N5O2S. The molecule has 0 spiro atoms. The average molecular weight is 410 g/mol. The van der Waals surface area contributed by atoms with Gasteiger partial charge in [-0.15, -0.1) is 5.10 Å². The van der Waals surface area contributed by atoms with Crippen LogP contribution < -0.4 is 15.8 Å². The predicted octanol–water partition coefficient (Wildman–Crippen LogP) is 2.62. The van der Waals surface area contributed by atoms with E-state index in [1.54, 1.807) is 6.92 Å². The number of hydrogen-bond donors (Lipinski definition) is 1. The monoisotopic (exact) mass is 409 g/mol. The van der Waals surface area contributed by atoms with Gasteiger partial charge in [0.05, 0.1) is 12.1 Å². The Kier molecular flexibility index (Phi) is 4.67. The van der Waals surface area contributed by atoms with Crippen molar-refractivity contribution in [2.75, 3.05) is 11.4 Å². The molecule has 1 aliphatic heterocycles. The molecule has 8 heteroatoms. The number of aryl methyl sites for hydroxylation is 2. The molecule has 3 aromatic rings. The lowest BCUT2D eigenvalue weighted by atomic mass is 9.86. The first kappa shape index (κ1) is 18.4. The fourth-order valence-corrected chi connectivity index (χ4v) is 5.46. The van der Waals surface area contributed by atoms with Gasteiger partial charge in [0.2, 0.25) is 16.0 Å². The molecule has 1 aromatic carbocycles. The Bertz CT molecular complexity index is 1130. The maximum Gasteiger partial charge on any atom is 0.275 e. The number of hydrogen-bond acceptors (Lipinski definition) is 6. The average Bonchev–Trinajstić information content (AvgIpc) is 3.38. The number of aromatic nitrogens is 3. The van der Waals surface area contributed by atoms with Gasteiger partial charge in [0.1, 0.15) is 0 Å². The number of nitrogens with one attached hydrogen (secondary N) is 1. The highest BCUT2D eigenvalue weighted by molar-refractivity contribution is 7.20. The minimum absolute atomic E-state index is 0.0352. The molecule has 7 nitrogen and oxygen atoms in total. The van der Waals surface area contributed by atoms with Crippen molar-refractivity contribution >= 4 is 27.3 Å². The van der Waals surface area contributed by atoms with Crippen molar-refractivity contribution in [3.05, 3.63) is 57.5 Å². The molecule has 2 atom stereocenters. The molecule has 1 amide bonds. The normalized spacial score (nSPS) is 21.3. The Hall–Kier alpha value is -2.58. The minimum Gasteiger partial charge on any atom is -0.306 e. The largest absolute Gasteiger partial charge is 0.306 e. The lowest BCUT2D eigenvalue weighted by Crippen LogP contribution is -2.46. The summed E-state index contributed by atoms with van der Waals surface area (Å²) in [5.74, 6) is 0.0352. The zero-order valence-corrected chi connectivity index (χ0v) is 17.1. The Morgan fingerprint density at radius 3 is 2.97 bits per heavy atom. The van der Waals surface area contributed by atoms with Crippen LogP contribution in [0.2, 0.25) is 0 Å². The summed E-state index contributed by atoms with van der Waals surface area (Å²) in [6.07, 6.45) is 4.74. The van der Waals surface area contributed by atoms with Crippen molar-refractivity contribution < 1.29 is 4.79 Å². The second-order valence-corrected chi connectivity index (χ2v) is 8.71. The van der Waals surface area contributed by atoms with E-state index in [9.17, 15) is 9.59 Å². The first-order valence-corrected chi connectivity index (χ1v) is 11.0. The number of benzene rings is 1. The minimum atomic E-state index is -0.217. The van der Waals surface area contributed by atoms with Crippen molar-refractivity contribution in [2.45, 2.75) is 51.1 Å². The van der Waals surface area contributed by atoms with Crippen molar-refractivity contribution in [1.82, 2.24) is 19.9 Å². The van der Waals surface area contributed by atoms with Crippen molar-refractivity contribution in [2.24, 2.45) is 0 Å². The molecule has 5 rings (SSSR count). The number of anilines is 1. The number of amides is 1. The summed E-state index contributed by atoms with van der Waals surface area (Å²) >= 11 is 1.31. The number of carbonyl (C=O) groups is 1. The summed E-state index contributed by atoms with van der Waals surface area (Å²) in [5.41, 5.74) is 2.91. The van der Waals surface area contributed by atoms with Gasteiger partial charge in [0, 0.05) is 11.8 Å². The van der Waals surface area contributed by atoms with E-state index in [2.05, 4.69) is 33.6 Å². The highest BCUT2D eigenvalue weighted by atomic mass is 32.1. The van der Waals surface area contributed by atoms with Crippen molar-refractivity contribution in [3.8, 4) is 0 Å². The van der Waals surface area contributed by atoms with Gasteiger partial charge in [-0.05, 0) is 56.7 Å². The van der Waals surface area contributed by atoms with Crippen molar-refractivity contribution in [1.29, 1.82) is 0 Å². The van der Waals surface area contributed by atoms with Gasteiger partial charge in [-0.25, -0.2) is 4.98 Å². The first-order valence-electron chi connectivity index (χ1n) is 10.1. The summed E-state index contributed by atoms with van der Waals surface area (Å²) in [6, 6.07) is 9.53. The van der Waals surface area contributed by atoms with Crippen LogP contribution in [0.15, 0.2) is 35.1 Å². The van der Waals surface area contributed by atoms with Crippen LogP contribution in [0.1, 0.15) is 48.5 Å². The Morgan fingerprint density at radius 1 is 1.28 bits per heavy atom. The fraction of sp³-hybridized carbons (Fsp3) is 0.429. The highest BCUT2D eigenvalue weighted by Crippen LogP contribution is 2.39. The van der Waals surface area contributed by atoms with E-state index in [1.165, 1.54) is 33.0 Å². The van der Waals surface area contributed by atoms with Crippen LogP contribution in [-0.2, 0) is 11.2 Å². The molecule has 0 unspecified atom stereocenters. The van der Waals surface area contributed by atoms with Crippen LogP contribution in [0.3, 0.4) is 0 Å². The van der Waals surface area contributed by atoms with Gasteiger partial charge in [-0.2, -0.15) is 4.52 Å². The lowest BCUT2D eigenvalue weighted by molar-refractivity contribution is -0.120. The standard InChI is InChI=1S/C21H23N5O2S/c1-13-12-18(27)26-20(23-13)29-21(24-26)25(19(28)16-9-5-11-22-16)17-10-4-7-14-6-2-3-8-15(14)17/h2-3,6,8,12,16-17,22H,4-5,7,9-11H2,1H3/t16-,17-/m1/s1. The van der Waals surface area contributed by atoms with Gasteiger partial charge in [-0.3, -0.25) is 14.5 Å². The van der Waals surface area contributed by atoms with E-state index in [-0.39, 0.29) is 23.6 Å². The van der Waals surface area contributed by atoms with E-state index in [0.29, 0.717) is 15.8 Å². The van der Waals surface area contributed by atoms with Gasteiger partial charge < -0.3 is 5.32 Å². The van der Waals surface area contributed by atoms with Crippen LogP contribution in [-0.4, -0.2) is 33.1 Å². The molecule has 3 heterocycles. The van der Waals surface area contributed by atoms with Gasteiger partial charge in [0.15, 0.2) is 0 Å².